The number of aliphatic hydroxyl groups excluding tert-OH is 1. The van der Waals surface area contributed by atoms with Gasteiger partial charge in [0, 0.05) is 12.2 Å². The van der Waals surface area contributed by atoms with Crippen molar-refractivity contribution < 1.29 is 34.3 Å². The molecule has 0 saturated carbocycles. The molecule has 2 unspecified atom stereocenters. The predicted octanol–water partition coefficient (Wildman–Crippen LogP) is 0.566. The average Bonchev–Trinajstić information content (AvgIpc) is 2.50. The number of non-ortho nitro benzene ring substituents is 1. The fourth-order valence-corrected chi connectivity index (χ4v) is 3.35. The van der Waals surface area contributed by atoms with Crippen LogP contribution in [0, 0.1) is 20.2 Å². The number of carboxylic acid groups (broad SMARTS) is 1. The van der Waals surface area contributed by atoms with Crippen molar-refractivity contribution in [3.63, 3.8) is 0 Å². The minimum atomic E-state index is -4.47. The molecule has 132 valence electrons. The summed E-state index contributed by atoms with van der Waals surface area (Å²) in [6.45, 7) is 0. The van der Waals surface area contributed by atoms with Crippen LogP contribution in [0.5, 0.6) is 0 Å². The molecule has 5 N–H and O–H groups in total. The van der Waals surface area contributed by atoms with Gasteiger partial charge in [0.25, 0.3) is 11.4 Å². The Morgan fingerprint density at radius 3 is 2.33 bits per heavy atom. The van der Waals surface area contributed by atoms with Crippen LogP contribution in [-0.4, -0.2) is 43.1 Å². The minimum Gasteiger partial charge on any atom is -0.480 e. The Kier molecular flexibility index (Phi) is 6.10. The van der Waals surface area contributed by atoms with E-state index in [4.69, 9.17) is 10.8 Å². The van der Waals surface area contributed by atoms with Gasteiger partial charge in [-0.25, -0.2) is 0 Å². The number of nitrogens with two attached hydrogens (primary N) is 1. The van der Waals surface area contributed by atoms with Crippen molar-refractivity contribution in [1.29, 1.82) is 0 Å². The quantitative estimate of drug-likeness (QED) is 0.286. The summed E-state index contributed by atoms with van der Waals surface area (Å²) in [7, 11) is -4.47. The van der Waals surface area contributed by atoms with Crippen LogP contribution >= 0.6 is 7.37 Å². The van der Waals surface area contributed by atoms with Crippen molar-refractivity contribution in [3.8, 4) is 0 Å². The lowest BCUT2D eigenvalue weighted by Crippen LogP contribution is -2.31. The van der Waals surface area contributed by atoms with Crippen LogP contribution in [-0.2, 0) is 9.36 Å². The molecule has 0 radical (unpaired) electrons. The van der Waals surface area contributed by atoms with Gasteiger partial charge >= 0.3 is 5.97 Å². The standard InChI is InChI=1S/C11H14N3O9P/c12-8(10(15)16)3-4-24(22,23)11(17)7-2-1-6(13(18)19)5-9(7)14(20)21/h1-2,5,8,11,17H,3-4,12H2,(H,15,16)(H,22,23)/t8-,11?/m0/s1. The van der Waals surface area contributed by atoms with Gasteiger partial charge in [-0.05, 0) is 12.5 Å². The SMILES string of the molecule is N[C@@H](CCP(=O)(O)C(O)c1ccc([N+](=O)[O-])cc1[N+](=O)[O-])C(=O)O. The van der Waals surface area contributed by atoms with Crippen LogP contribution in [0.15, 0.2) is 18.2 Å². The molecule has 24 heavy (non-hydrogen) atoms. The topological polar surface area (TPSA) is 207 Å². The maximum absolute atomic E-state index is 12.1. The van der Waals surface area contributed by atoms with Gasteiger partial charge in [0.15, 0.2) is 5.85 Å². The molecule has 12 nitrogen and oxygen atoms in total. The lowest BCUT2D eigenvalue weighted by molar-refractivity contribution is -0.394. The van der Waals surface area contributed by atoms with Crippen molar-refractivity contribution in [2.24, 2.45) is 5.73 Å². The third-order valence-electron chi connectivity index (χ3n) is 3.16. The highest BCUT2D eigenvalue weighted by atomic mass is 31.2. The summed E-state index contributed by atoms with van der Waals surface area (Å²) in [5.41, 5.74) is 3.09. The number of benzene rings is 1. The maximum Gasteiger partial charge on any atom is 0.320 e. The summed E-state index contributed by atoms with van der Waals surface area (Å²) in [5, 5.41) is 40.2. The summed E-state index contributed by atoms with van der Waals surface area (Å²) in [6.07, 6.45) is -1.14. The molecule has 0 aliphatic heterocycles. The summed E-state index contributed by atoms with van der Waals surface area (Å²) in [4.78, 5) is 40.1. The maximum atomic E-state index is 12.1. The van der Waals surface area contributed by atoms with Gasteiger partial charge in [0.1, 0.15) is 6.04 Å². The summed E-state index contributed by atoms with van der Waals surface area (Å²) in [6, 6.07) is 0.765. The highest BCUT2D eigenvalue weighted by molar-refractivity contribution is 7.58. The highest BCUT2D eigenvalue weighted by Crippen LogP contribution is 2.56. The molecule has 0 fully saturated rings. The largest absolute Gasteiger partial charge is 0.480 e. The van der Waals surface area contributed by atoms with Crippen LogP contribution in [0.4, 0.5) is 11.4 Å². The Bertz CT molecular complexity index is 723. The molecule has 3 atom stereocenters. The molecule has 1 aromatic rings. The predicted molar refractivity (Wildman–Crippen MR) is 79.6 cm³/mol. The number of rotatable bonds is 8. The lowest BCUT2D eigenvalue weighted by atomic mass is 10.1. The fourth-order valence-electron chi connectivity index (χ4n) is 1.81. The Morgan fingerprint density at radius 2 is 1.88 bits per heavy atom. The first-order chi connectivity index (χ1) is 11.0. The van der Waals surface area contributed by atoms with E-state index in [0.717, 1.165) is 12.1 Å². The Hall–Kier alpha value is -2.40. The second-order valence-corrected chi connectivity index (χ2v) is 7.29. The van der Waals surface area contributed by atoms with Crippen LogP contribution in [0.25, 0.3) is 0 Å². The summed E-state index contributed by atoms with van der Waals surface area (Å²) in [5.74, 6) is -3.62. The number of nitro groups is 2. The number of aliphatic carboxylic acids is 1. The van der Waals surface area contributed by atoms with E-state index >= 15 is 0 Å². The van der Waals surface area contributed by atoms with Crippen LogP contribution in [0.2, 0.25) is 0 Å². The van der Waals surface area contributed by atoms with Crippen molar-refractivity contribution in [3.05, 3.63) is 44.0 Å². The van der Waals surface area contributed by atoms with E-state index in [-0.39, 0.29) is 0 Å². The molecule has 0 spiro atoms. The van der Waals surface area contributed by atoms with E-state index in [9.17, 15) is 39.6 Å². The summed E-state index contributed by atoms with van der Waals surface area (Å²) >= 11 is 0. The van der Waals surface area contributed by atoms with Crippen molar-refractivity contribution in [2.75, 3.05) is 6.16 Å². The molecule has 13 heteroatoms. The molecule has 1 aromatic carbocycles. The van der Waals surface area contributed by atoms with Crippen molar-refractivity contribution in [2.45, 2.75) is 18.3 Å². The zero-order chi connectivity index (χ0) is 18.7. The van der Waals surface area contributed by atoms with Gasteiger partial charge < -0.3 is 20.8 Å². The molecule has 1 rings (SSSR count). The summed E-state index contributed by atoms with van der Waals surface area (Å²) < 4.78 is 12.1. The first-order valence-electron chi connectivity index (χ1n) is 6.38. The number of aliphatic hydroxyl groups is 1. The Morgan fingerprint density at radius 1 is 1.29 bits per heavy atom. The zero-order valence-electron chi connectivity index (χ0n) is 12.0. The molecular formula is C11H14N3O9P. The van der Waals surface area contributed by atoms with E-state index < -0.39 is 64.6 Å². The van der Waals surface area contributed by atoms with E-state index in [2.05, 4.69) is 0 Å². The van der Waals surface area contributed by atoms with Crippen molar-refractivity contribution in [1.82, 2.24) is 0 Å². The number of carbonyl (C=O) groups is 1. The minimum absolute atomic E-state index is 0.444. The molecule has 0 bridgehead atoms. The average molecular weight is 363 g/mol. The Balaban J connectivity index is 3.15. The lowest BCUT2D eigenvalue weighted by Gasteiger charge is -2.19. The highest BCUT2D eigenvalue weighted by Gasteiger charge is 2.36. The van der Waals surface area contributed by atoms with Gasteiger partial charge in [-0.3, -0.25) is 29.6 Å². The van der Waals surface area contributed by atoms with E-state index in [1.807, 2.05) is 0 Å². The first-order valence-corrected chi connectivity index (χ1v) is 8.29. The molecule has 0 aliphatic carbocycles. The van der Waals surface area contributed by atoms with E-state index in [1.165, 1.54) is 0 Å². The van der Waals surface area contributed by atoms with Gasteiger partial charge in [-0.15, -0.1) is 0 Å². The number of carboxylic acids is 1. The van der Waals surface area contributed by atoms with E-state index in [1.54, 1.807) is 0 Å². The fraction of sp³-hybridized carbons (Fsp3) is 0.364. The zero-order valence-corrected chi connectivity index (χ0v) is 12.9. The third kappa shape index (κ3) is 4.55. The molecule has 0 saturated heterocycles. The van der Waals surface area contributed by atoms with Crippen LogP contribution in [0.3, 0.4) is 0 Å². The first kappa shape index (κ1) is 19.6. The third-order valence-corrected chi connectivity index (χ3v) is 5.10. The number of nitrogens with zero attached hydrogens (tertiary/aromatic N) is 2. The number of hydrogen-bond acceptors (Lipinski definition) is 8. The van der Waals surface area contributed by atoms with Crippen molar-refractivity contribution >= 4 is 24.7 Å². The second kappa shape index (κ2) is 7.45. The molecule has 0 amide bonds. The van der Waals surface area contributed by atoms with E-state index in [0.29, 0.717) is 6.07 Å². The molecular weight excluding hydrogens is 349 g/mol. The van der Waals surface area contributed by atoms with Crippen LogP contribution in [0.1, 0.15) is 17.8 Å². The molecule has 0 aromatic heterocycles. The monoisotopic (exact) mass is 363 g/mol. The van der Waals surface area contributed by atoms with Gasteiger partial charge in [-0.1, -0.05) is 0 Å². The molecule has 0 aliphatic rings. The smallest absolute Gasteiger partial charge is 0.320 e. The Labute approximate surface area is 134 Å². The van der Waals surface area contributed by atoms with Gasteiger partial charge in [-0.2, -0.15) is 0 Å². The number of nitro benzene ring substituents is 2. The van der Waals surface area contributed by atoms with Gasteiger partial charge in [0.2, 0.25) is 7.37 Å². The normalized spacial score (nSPS) is 16.0. The molecule has 0 heterocycles. The number of hydrogen-bond donors (Lipinski definition) is 4. The second-order valence-electron chi connectivity index (χ2n) is 4.84. The van der Waals surface area contributed by atoms with Crippen LogP contribution < -0.4 is 5.73 Å². The van der Waals surface area contributed by atoms with Gasteiger partial charge in [0.05, 0.1) is 21.5 Å².